The second-order valence-electron chi connectivity index (χ2n) is 5.50. The van der Waals surface area contributed by atoms with Gasteiger partial charge < -0.3 is 4.40 Å². The minimum atomic E-state index is -2.83. The maximum absolute atomic E-state index is 11.7. The number of nitrogens with zero attached hydrogens (tertiary/aromatic N) is 2. The standard InChI is InChI=1S/C14H18N2O2S/c1-11-4-5-16-13(7-11)9-15-14(16)8-12-3-2-6-19(17,18)10-12/h4-5,7,9,12H,2-3,6,8,10H2,1H3. The Morgan fingerprint density at radius 3 is 3.11 bits per heavy atom. The van der Waals surface area contributed by atoms with E-state index in [-0.39, 0.29) is 5.92 Å². The van der Waals surface area contributed by atoms with Crippen molar-refractivity contribution in [3.63, 3.8) is 0 Å². The van der Waals surface area contributed by atoms with Crippen LogP contribution < -0.4 is 0 Å². The Hall–Kier alpha value is -1.36. The summed E-state index contributed by atoms with van der Waals surface area (Å²) < 4.78 is 25.4. The highest BCUT2D eigenvalue weighted by atomic mass is 32.2. The molecule has 1 fully saturated rings. The van der Waals surface area contributed by atoms with E-state index in [1.165, 1.54) is 5.56 Å². The Kier molecular flexibility index (Phi) is 3.09. The molecule has 3 heterocycles. The molecule has 1 saturated heterocycles. The van der Waals surface area contributed by atoms with Crippen molar-refractivity contribution < 1.29 is 8.42 Å². The van der Waals surface area contributed by atoms with Gasteiger partial charge in [0.1, 0.15) is 5.82 Å². The zero-order valence-electron chi connectivity index (χ0n) is 11.0. The highest BCUT2D eigenvalue weighted by Crippen LogP contribution is 2.22. The maximum Gasteiger partial charge on any atom is 0.150 e. The lowest BCUT2D eigenvalue weighted by molar-refractivity contribution is 0.475. The maximum atomic E-state index is 11.7. The molecular formula is C14H18N2O2S. The van der Waals surface area contributed by atoms with Crippen molar-refractivity contribution in [2.75, 3.05) is 11.5 Å². The third kappa shape index (κ3) is 2.66. The van der Waals surface area contributed by atoms with Gasteiger partial charge in [-0.05, 0) is 43.4 Å². The fraction of sp³-hybridized carbons (Fsp3) is 0.500. The van der Waals surface area contributed by atoms with E-state index in [4.69, 9.17) is 0 Å². The molecule has 1 unspecified atom stereocenters. The van der Waals surface area contributed by atoms with Gasteiger partial charge in [-0.15, -0.1) is 0 Å². The van der Waals surface area contributed by atoms with Crippen molar-refractivity contribution in [2.24, 2.45) is 5.92 Å². The summed E-state index contributed by atoms with van der Waals surface area (Å²) in [6.45, 7) is 2.06. The van der Waals surface area contributed by atoms with Crippen molar-refractivity contribution >= 4 is 15.4 Å². The third-order valence-electron chi connectivity index (χ3n) is 3.79. The summed E-state index contributed by atoms with van der Waals surface area (Å²) >= 11 is 0. The van der Waals surface area contributed by atoms with Gasteiger partial charge in [0.05, 0.1) is 23.2 Å². The van der Waals surface area contributed by atoms with Crippen molar-refractivity contribution in [3.05, 3.63) is 35.9 Å². The zero-order chi connectivity index (χ0) is 13.5. The Balaban J connectivity index is 1.85. The smallest absolute Gasteiger partial charge is 0.150 e. The van der Waals surface area contributed by atoms with Crippen molar-refractivity contribution in [3.8, 4) is 0 Å². The summed E-state index contributed by atoms with van der Waals surface area (Å²) in [5.74, 6) is 1.85. The molecule has 0 amide bonds. The number of pyridine rings is 1. The van der Waals surface area contributed by atoms with E-state index >= 15 is 0 Å². The molecule has 102 valence electrons. The van der Waals surface area contributed by atoms with Crippen LogP contribution in [0.2, 0.25) is 0 Å². The van der Waals surface area contributed by atoms with E-state index in [1.807, 2.05) is 12.4 Å². The molecule has 2 aromatic rings. The molecule has 0 aliphatic carbocycles. The third-order valence-corrected chi connectivity index (χ3v) is 5.68. The average Bonchev–Trinajstić information content (AvgIpc) is 2.70. The van der Waals surface area contributed by atoms with Gasteiger partial charge in [0.25, 0.3) is 0 Å². The molecule has 5 heteroatoms. The second kappa shape index (κ2) is 4.63. The number of aromatic nitrogens is 2. The summed E-state index contributed by atoms with van der Waals surface area (Å²) in [7, 11) is -2.83. The fourth-order valence-electron chi connectivity index (χ4n) is 2.85. The van der Waals surface area contributed by atoms with E-state index < -0.39 is 9.84 Å². The highest BCUT2D eigenvalue weighted by Gasteiger charge is 2.25. The first-order valence-corrected chi connectivity index (χ1v) is 8.49. The summed E-state index contributed by atoms with van der Waals surface area (Å²) in [5.41, 5.74) is 2.29. The van der Waals surface area contributed by atoms with Gasteiger partial charge in [0, 0.05) is 12.6 Å². The monoisotopic (exact) mass is 278 g/mol. The summed E-state index contributed by atoms with van der Waals surface area (Å²) in [5, 5.41) is 0. The molecular weight excluding hydrogens is 260 g/mol. The van der Waals surface area contributed by atoms with Crippen LogP contribution in [-0.2, 0) is 16.3 Å². The molecule has 2 aromatic heterocycles. The van der Waals surface area contributed by atoms with Gasteiger partial charge >= 0.3 is 0 Å². The molecule has 1 aliphatic heterocycles. The van der Waals surface area contributed by atoms with E-state index in [1.54, 1.807) is 0 Å². The van der Waals surface area contributed by atoms with Gasteiger partial charge in [-0.2, -0.15) is 0 Å². The van der Waals surface area contributed by atoms with Crippen LogP contribution in [0.5, 0.6) is 0 Å². The topological polar surface area (TPSA) is 51.4 Å². The van der Waals surface area contributed by atoms with Crippen molar-refractivity contribution in [1.82, 2.24) is 9.38 Å². The molecule has 0 aromatic carbocycles. The van der Waals surface area contributed by atoms with E-state index in [0.717, 1.165) is 30.6 Å². The van der Waals surface area contributed by atoms with E-state index in [9.17, 15) is 8.42 Å². The fourth-order valence-corrected chi connectivity index (χ4v) is 4.63. The zero-order valence-corrected chi connectivity index (χ0v) is 11.9. The average molecular weight is 278 g/mol. The predicted molar refractivity (Wildman–Crippen MR) is 75.0 cm³/mol. The Morgan fingerprint density at radius 1 is 1.47 bits per heavy atom. The number of hydrogen-bond acceptors (Lipinski definition) is 3. The van der Waals surface area contributed by atoms with Gasteiger partial charge in [0.15, 0.2) is 9.84 Å². The second-order valence-corrected chi connectivity index (χ2v) is 7.73. The molecule has 0 N–H and O–H groups in total. The van der Waals surface area contributed by atoms with Crippen LogP contribution in [0.4, 0.5) is 0 Å². The highest BCUT2D eigenvalue weighted by molar-refractivity contribution is 7.91. The minimum Gasteiger partial charge on any atom is -0.304 e. The van der Waals surface area contributed by atoms with Crippen LogP contribution in [0.3, 0.4) is 0 Å². The lowest BCUT2D eigenvalue weighted by Crippen LogP contribution is -2.27. The molecule has 1 atom stereocenters. The molecule has 0 spiro atoms. The molecule has 0 radical (unpaired) electrons. The Labute approximate surface area is 113 Å². The Morgan fingerprint density at radius 2 is 2.32 bits per heavy atom. The largest absolute Gasteiger partial charge is 0.304 e. The van der Waals surface area contributed by atoms with Gasteiger partial charge in [-0.3, -0.25) is 0 Å². The van der Waals surface area contributed by atoms with Crippen LogP contribution in [0.15, 0.2) is 24.5 Å². The summed E-state index contributed by atoms with van der Waals surface area (Å²) in [6.07, 6.45) is 6.40. The van der Waals surface area contributed by atoms with Gasteiger partial charge in [-0.1, -0.05) is 0 Å². The molecule has 19 heavy (non-hydrogen) atoms. The minimum absolute atomic E-state index is 0.214. The summed E-state index contributed by atoms with van der Waals surface area (Å²) in [4.78, 5) is 4.45. The molecule has 1 aliphatic rings. The Bertz CT molecular complexity index is 703. The quantitative estimate of drug-likeness (QED) is 0.844. The van der Waals surface area contributed by atoms with Gasteiger partial charge in [0.2, 0.25) is 0 Å². The van der Waals surface area contributed by atoms with E-state index in [0.29, 0.717) is 11.5 Å². The van der Waals surface area contributed by atoms with Crippen LogP contribution in [0.25, 0.3) is 5.52 Å². The summed E-state index contributed by atoms with van der Waals surface area (Å²) in [6, 6.07) is 4.14. The number of sulfone groups is 1. The molecule has 3 rings (SSSR count). The van der Waals surface area contributed by atoms with Crippen molar-refractivity contribution in [2.45, 2.75) is 26.2 Å². The van der Waals surface area contributed by atoms with E-state index in [2.05, 4.69) is 28.4 Å². The van der Waals surface area contributed by atoms with Gasteiger partial charge in [-0.25, -0.2) is 13.4 Å². The predicted octanol–water partition coefficient (Wildman–Crippen LogP) is 2.01. The molecule has 0 bridgehead atoms. The van der Waals surface area contributed by atoms with Crippen LogP contribution in [-0.4, -0.2) is 29.3 Å². The molecule has 0 saturated carbocycles. The lowest BCUT2D eigenvalue weighted by atomic mass is 10.0. The SMILES string of the molecule is Cc1ccn2c(CC3CCCS(=O)(=O)C3)ncc2c1. The van der Waals surface area contributed by atoms with Crippen LogP contribution in [0.1, 0.15) is 24.2 Å². The number of fused-ring (bicyclic) bond motifs is 1. The molecule has 4 nitrogen and oxygen atoms in total. The number of aryl methyl sites for hydroxylation is 1. The first-order chi connectivity index (χ1) is 9.03. The normalized spacial score (nSPS) is 22.7. The first-order valence-electron chi connectivity index (χ1n) is 6.66. The van der Waals surface area contributed by atoms with Crippen molar-refractivity contribution in [1.29, 1.82) is 0 Å². The lowest BCUT2D eigenvalue weighted by Gasteiger charge is -2.21. The van der Waals surface area contributed by atoms with Crippen LogP contribution >= 0.6 is 0 Å². The number of hydrogen-bond donors (Lipinski definition) is 0. The number of imidazole rings is 1. The number of rotatable bonds is 2. The first kappa shape index (κ1) is 12.7. The van der Waals surface area contributed by atoms with Crippen LogP contribution in [0, 0.1) is 12.8 Å².